The van der Waals surface area contributed by atoms with Gasteiger partial charge < -0.3 is 14.8 Å². The molecule has 3 nitrogen and oxygen atoms in total. The standard InChI is InChI=1S/C18H22ClNO2/c1-21-10-4-9-20-13-15-5-3-8-18(12-15)22-14-16-6-2-7-17(19)11-16/h2-3,5-8,11-12,20H,4,9-10,13-14H2,1H3. The van der Waals surface area contributed by atoms with Crippen molar-refractivity contribution in [1.82, 2.24) is 5.32 Å². The van der Waals surface area contributed by atoms with Crippen molar-refractivity contribution in [3.63, 3.8) is 0 Å². The number of halogens is 1. The van der Waals surface area contributed by atoms with Crippen LogP contribution in [0.4, 0.5) is 0 Å². The molecule has 0 bridgehead atoms. The van der Waals surface area contributed by atoms with Crippen molar-refractivity contribution < 1.29 is 9.47 Å². The Morgan fingerprint density at radius 1 is 1.05 bits per heavy atom. The van der Waals surface area contributed by atoms with Gasteiger partial charge in [-0.1, -0.05) is 35.9 Å². The third-order valence-corrected chi connectivity index (χ3v) is 3.46. The van der Waals surface area contributed by atoms with Crippen LogP contribution in [0.2, 0.25) is 5.02 Å². The van der Waals surface area contributed by atoms with Crippen LogP contribution in [0.15, 0.2) is 48.5 Å². The lowest BCUT2D eigenvalue weighted by Gasteiger charge is -2.09. The molecule has 2 aromatic carbocycles. The fourth-order valence-corrected chi connectivity index (χ4v) is 2.33. The minimum atomic E-state index is 0.519. The number of hydrogen-bond donors (Lipinski definition) is 1. The van der Waals surface area contributed by atoms with E-state index in [2.05, 4.69) is 17.4 Å². The summed E-state index contributed by atoms with van der Waals surface area (Å²) in [5.41, 5.74) is 2.27. The smallest absolute Gasteiger partial charge is 0.120 e. The SMILES string of the molecule is COCCCNCc1cccc(OCc2cccc(Cl)c2)c1. The lowest BCUT2D eigenvalue weighted by molar-refractivity contribution is 0.194. The highest BCUT2D eigenvalue weighted by molar-refractivity contribution is 6.30. The van der Waals surface area contributed by atoms with Crippen LogP contribution in [0.5, 0.6) is 5.75 Å². The number of rotatable bonds is 9. The van der Waals surface area contributed by atoms with Gasteiger partial charge in [0.25, 0.3) is 0 Å². The molecule has 0 spiro atoms. The van der Waals surface area contributed by atoms with Gasteiger partial charge in [0.15, 0.2) is 0 Å². The van der Waals surface area contributed by atoms with E-state index in [1.165, 1.54) is 5.56 Å². The van der Waals surface area contributed by atoms with E-state index in [0.717, 1.165) is 42.5 Å². The average Bonchev–Trinajstić information content (AvgIpc) is 2.53. The van der Waals surface area contributed by atoms with Gasteiger partial charge in [-0.05, 0) is 48.4 Å². The molecule has 4 heteroatoms. The summed E-state index contributed by atoms with van der Waals surface area (Å²) in [6, 6.07) is 15.9. The van der Waals surface area contributed by atoms with Crippen LogP contribution in [0.3, 0.4) is 0 Å². The van der Waals surface area contributed by atoms with Crippen LogP contribution >= 0.6 is 11.6 Å². The molecule has 0 heterocycles. The van der Waals surface area contributed by atoms with Gasteiger partial charge >= 0.3 is 0 Å². The van der Waals surface area contributed by atoms with Gasteiger partial charge in [-0.2, -0.15) is 0 Å². The van der Waals surface area contributed by atoms with E-state index < -0.39 is 0 Å². The van der Waals surface area contributed by atoms with Crippen molar-refractivity contribution in [3.05, 3.63) is 64.7 Å². The predicted molar refractivity (Wildman–Crippen MR) is 90.4 cm³/mol. The van der Waals surface area contributed by atoms with E-state index in [-0.39, 0.29) is 0 Å². The highest BCUT2D eigenvalue weighted by atomic mass is 35.5. The molecule has 0 saturated carbocycles. The fourth-order valence-electron chi connectivity index (χ4n) is 2.11. The van der Waals surface area contributed by atoms with Crippen molar-refractivity contribution >= 4 is 11.6 Å². The monoisotopic (exact) mass is 319 g/mol. The van der Waals surface area contributed by atoms with Crippen molar-refractivity contribution in [2.75, 3.05) is 20.3 Å². The zero-order valence-electron chi connectivity index (χ0n) is 12.8. The zero-order valence-corrected chi connectivity index (χ0v) is 13.6. The molecular weight excluding hydrogens is 298 g/mol. The number of hydrogen-bond acceptors (Lipinski definition) is 3. The maximum Gasteiger partial charge on any atom is 0.120 e. The summed E-state index contributed by atoms with van der Waals surface area (Å²) in [6.45, 7) is 3.08. The van der Waals surface area contributed by atoms with Crippen molar-refractivity contribution in [1.29, 1.82) is 0 Å². The molecule has 2 rings (SSSR count). The average molecular weight is 320 g/mol. The normalized spacial score (nSPS) is 10.6. The summed E-state index contributed by atoms with van der Waals surface area (Å²) in [6.07, 6.45) is 1.02. The second-order valence-electron chi connectivity index (χ2n) is 5.09. The zero-order chi connectivity index (χ0) is 15.6. The molecule has 0 fully saturated rings. The Labute approximate surface area is 137 Å². The van der Waals surface area contributed by atoms with Gasteiger partial charge in [0.2, 0.25) is 0 Å². The van der Waals surface area contributed by atoms with E-state index >= 15 is 0 Å². The van der Waals surface area contributed by atoms with Gasteiger partial charge in [-0.15, -0.1) is 0 Å². The quantitative estimate of drug-likeness (QED) is 0.707. The molecule has 0 aliphatic carbocycles. The summed E-state index contributed by atoms with van der Waals surface area (Å²) in [5, 5.41) is 4.12. The number of ether oxygens (including phenoxy) is 2. The summed E-state index contributed by atoms with van der Waals surface area (Å²) in [5.74, 6) is 0.871. The summed E-state index contributed by atoms with van der Waals surface area (Å²) in [4.78, 5) is 0. The predicted octanol–water partition coefficient (Wildman–Crippen LogP) is 4.05. The van der Waals surface area contributed by atoms with Crippen molar-refractivity contribution in [2.45, 2.75) is 19.6 Å². The number of methoxy groups -OCH3 is 1. The lowest BCUT2D eigenvalue weighted by Crippen LogP contribution is -2.16. The maximum atomic E-state index is 5.97. The van der Waals surface area contributed by atoms with Gasteiger partial charge in [-0.3, -0.25) is 0 Å². The molecule has 22 heavy (non-hydrogen) atoms. The molecule has 0 unspecified atom stereocenters. The Bertz CT molecular complexity index is 575. The molecule has 0 atom stereocenters. The van der Waals surface area contributed by atoms with Crippen LogP contribution in [0, 0.1) is 0 Å². The molecule has 1 N–H and O–H groups in total. The Kier molecular flexibility index (Phi) is 7.23. The highest BCUT2D eigenvalue weighted by Gasteiger charge is 1.99. The largest absolute Gasteiger partial charge is 0.489 e. The second-order valence-corrected chi connectivity index (χ2v) is 5.53. The summed E-state index contributed by atoms with van der Waals surface area (Å²) < 4.78 is 10.9. The van der Waals surface area contributed by atoms with Gasteiger partial charge in [0.1, 0.15) is 12.4 Å². The first-order chi connectivity index (χ1) is 10.8. The summed E-state index contributed by atoms with van der Waals surface area (Å²) >= 11 is 5.97. The molecular formula is C18H22ClNO2. The van der Waals surface area contributed by atoms with Crippen LogP contribution in [-0.2, 0) is 17.9 Å². The molecule has 0 amide bonds. The topological polar surface area (TPSA) is 30.5 Å². The molecule has 0 aliphatic heterocycles. The summed E-state index contributed by atoms with van der Waals surface area (Å²) in [7, 11) is 1.72. The number of benzene rings is 2. The van der Waals surface area contributed by atoms with Gasteiger partial charge in [0.05, 0.1) is 0 Å². The lowest BCUT2D eigenvalue weighted by atomic mass is 10.2. The van der Waals surface area contributed by atoms with Crippen molar-refractivity contribution in [3.8, 4) is 5.75 Å². The minimum absolute atomic E-state index is 0.519. The molecule has 2 aromatic rings. The molecule has 118 valence electrons. The van der Waals surface area contributed by atoms with Crippen LogP contribution < -0.4 is 10.1 Å². The molecule has 0 radical (unpaired) electrons. The van der Waals surface area contributed by atoms with Crippen molar-refractivity contribution in [2.24, 2.45) is 0 Å². The van der Waals surface area contributed by atoms with Crippen LogP contribution in [0.1, 0.15) is 17.5 Å². The second kappa shape index (κ2) is 9.46. The third kappa shape index (κ3) is 6.06. The Morgan fingerprint density at radius 3 is 2.68 bits per heavy atom. The first-order valence-corrected chi connectivity index (χ1v) is 7.81. The molecule has 0 aliphatic rings. The van der Waals surface area contributed by atoms with Gasteiger partial charge in [-0.25, -0.2) is 0 Å². The molecule has 0 saturated heterocycles. The Hall–Kier alpha value is -1.55. The maximum absolute atomic E-state index is 5.97. The van der Waals surface area contributed by atoms with Gasteiger partial charge in [0, 0.05) is 25.3 Å². The van der Waals surface area contributed by atoms with E-state index in [4.69, 9.17) is 21.1 Å². The van der Waals surface area contributed by atoms with E-state index in [1.54, 1.807) is 7.11 Å². The fraction of sp³-hybridized carbons (Fsp3) is 0.333. The van der Waals surface area contributed by atoms with Crippen LogP contribution in [0.25, 0.3) is 0 Å². The Morgan fingerprint density at radius 2 is 1.86 bits per heavy atom. The minimum Gasteiger partial charge on any atom is -0.489 e. The van der Waals surface area contributed by atoms with Crippen LogP contribution in [-0.4, -0.2) is 20.3 Å². The number of nitrogens with one attached hydrogen (secondary N) is 1. The van der Waals surface area contributed by atoms with E-state index in [0.29, 0.717) is 6.61 Å². The van der Waals surface area contributed by atoms with E-state index in [1.807, 2.05) is 36.4 Å². The van der Waals surface area contributed by atoms with E-state index in [9.17, 15) is 0 Å². The first kappa shape index (κ1) is 16.8. The highest BCUT2D eigenvalue weighted by Crippen LogP contribution is 2.17. The third-order valence-electron chi connectivity index (χ3n) is 3.22. The Balaban J connectivity index is 1.80. The first-order valence-electron chi connectivity index (χ1n) is 7.44. The molecule has 0 aromatic heterocycles.